The summed E-state index contributed by atoms with van der Waals surface area (Å²) in [6.07, 6.45) is 1.52. The summed E-state index contributed by atoms with van der Waals surface area (Å²) in [5.74, 6) is 0.0383. The second-order valence-electron chi connectivity index (χ2n) is 4.64. The molecule has 0 saturated carbocycles. The van der Waals surface area contributed by atoms with Crippen LogP contribution in [0.3, 0.4) is 0 Å². The molecule has 5 heteroatoms. The Morgan fingerprint density at radius 3 is 3.22 bits per heavy atom. The number of hydrogen-bond donors (Lipinski definition) is 1. The minimum Gasteiger partial charge on any atom is -0.385 e. The Labute approximate surface area is 112 Å². The van der Waals surface area contributed by atoms with Gasteiger partial charge in [-0.25, -0.2) is 0 Å². The number of hydrogen-bond acceptors (Lipinski definition) is 4. The van der Waals surface area contributed by atoms with E-state index in [1.807, 2.05) is 4.90 Å². The van der Waals surface area contributed by atoms with Gasteiger partial charge in [0.2, 0.25) is 5.91 Å². The second kappa shape index (κ2) is 5.82. The Morgan fingerprint density at radius 1 is 1.72 bits per heavy atom. The first-order valence-corrected chi connectivity index (χ1v) is 7.14. The largest absolute Gasteiger partial charge is 0.385 e. The smallest absolute Gasteiger partial charge is 0.240 e. The molecule has 0 radical (unpaired) electrons. The first-order chi connectivity index (χ1) is 8.65. The molecule has 100 valence electrons. The molecule has 2 N–H and O–H groups in total. The summed E-state index contributed by atoms with van der Waals surface area (Å²) in [4.78, 5) is 15.6. The molecule has 2 unspecified atom stereocenters. The zero-order chi connectivity index (χ0) is 13.1. The first-order valence-electron chi connectivity index (χ1n) is 6.26. The third-order valence-electron chi connectivity index (χ3n) is 3.51. The van der Waals surface area contributed by atoms with Crippen molar-refractivity contribution in [3.8, 4) is 0 Å². The van der Waals surface area contributed by atoms with Crippen molar-refractivity contribution in [3.63, 3.8) is 0 Å². The molecule has 2 heterocycles. The van der Waals surface area contributed by atoms with Crippen LogP contribution in [0.5, 0.6) is 0 Å². The Balaban J connectivity index is 2.04. The van der Waals surface area contributed by atoms with Crippen LogP contribution in [-0.2, 0) is 16.0 Å². The summed E-state index contributed by atoms with van der Waals surface area (Å²) in [7, 11) is 1.62. The number of nitrogens with two attached hydrogens (primary N) is 1. The molecule has 1 aliphatic heterocycles. The van der Waals surface area contributed by atoms with E-state index in [1.54, 1.807) is 18.4 Å². The van der Waals surface area contributed by atoms with Crippen molar-refractivity contribution in [2.75, 3.05) is 20.3 Å². The Bertz CT molecular complexity index is 419. The second-order valence-corrected chi connectivity index (χ2v) is 5.65. The summed E-state index contributed by atoms with van der Waals surface area (Å²) in [5, 5.41) is 2.10. The maximum atomic E-state index is 12.3. The van der Waals surface area contributed by atoms with E-state index in [0.717, 1.165) is 13.0 Å². The number of amides is 1. The maximum absolute atomic E-state index is 12.3. The van der Waals surface area contributed by atoms with E-state index in [4.69, 9.17) is 10.5 Å². The Kier molecular flexibility index (Phi) is 4.37. The first kappa shape index (κ1) is 13.5. The highest BCUT2D eigenvalue weighted by atomic mass is 32.1. The van der Waals surface area contributed by atoms with Gasteiger partial charge in [0.15, 0.2) is 0 Å². The van der Waals surface area contributed by atoms with Crippen LogP contribution in [0.15, 0.2) is 11.4 Å². The van der Waals surface area contributed by atoms with Crippen molar-refractivity contribution < 1.29 is 9.53 Å². The lowest BCUT2D eigenvalue weighted by atomic mass is 10.00. The van der Waals surface area contributed by atoms with Gasteiger partial charge in [0.1, 0.15) is 0 Å². The number of thiophene rings is 1. The van der Waals surface area contributed by atoms with Gasteiger partial charge in [-0.1, -0.05) is 0 Å². The lowest BCUT2D eigenvalue weighted by Gasteiger charge is -2.35. The van der Waals surface area contributed by atoms with E-state index in [2.05, 4.69) is 18.4 Å². The van der Waals surface area contributed by atoms with E-state index in [-0.39, 0.29) is 11.9 Å². The topological polar surface area (TPSA) is 55.6 Å². The molecule has 2 atom stereocenters. The highest BCUT2D eigenvalue weighted by molar-refractivity contribution is 7.10. The quantitative estimate of drug-likeness (QED) is 0.901. The van der Waals surface area contributed by atoms with Crippen LogP contribution in [-0.4, -0.2) is 37.1 Å². The van der Waals surface area contributed by atoms with Crippen LogP contribution in [0.2, 0.25) is 0 Å². The SMILES string of the molecule is COCCC(N)C(=O)N1CCc2sccc2C1C. The molecule has 0 spiro atoms. The van der Waals surface area contributed by atoms with Gasteiger partial charge in [-0.3, -0.25) is 4.79 Å². The fraction of sp³-hybridized carbons (Fsp3) is 0.615. The van der Waals surface area contributed by atoms with Crippen LogP contribution >= 0.6 is 11.3 Å². The molecule has 1 aromatic heterocycles. The molecule has 0 bridgehead atoms. The summed E-state index contributed by atoms with van der Waals surface area (Å²) in [6.45, 7) is 3.37. The van der Waals surface area contributed by atoms with Crippen LogP contribution in [0.1, 0.15) is 29.8 Å². The predicted molar refractivity (Wildman–Crippen MR) is 72.6 cm³/mol. The number of methoxy groups -OCH3 is 1. The van der Waals surface area contributed by atoms with Crippen LogP contribution in [0.25, 0.3) is 0 Å². The highest BCUT2D eigenvalue weighted by Crippen LogP contribution is 2.33. The van der Waals surface area contributed by atoms with Gasteiger partial charge in [0.25, 0.3) is 0 Å². The number of ether oxygens (including phenoxy) is 1. The molecular formula is C13H20N2O2S. The molecular weight excluding hydrogens is 248 g/mol. The highest BCUT2D eigenvalue weighted by Gasteiger charge is 2.30. The average Bonchev–Trinajstić information content (AvgIpc) is 2.84. The van der Waals surface area contributed by atoms with Gasteiger partial charge in [-0.15, -0.1) is 11.3 Å². The van der Waals surface area contributed by atoms with Crippen LogP contribution < -0.4 is 5.73 Å². The fourth-order valence-electron chi connectivity index (χ4n) is 2.39. The van der Waals surface area contributed by atoms with E-state index >= 15 is 0 Å². The Hall–Kier alpha value is -0.910. The van der Waals surface area contributed by atoms with Gasteiger partial charge in [0.05, 0.1) is 12.1 Å². The molecule has 0 saturated heterocycles. The summed E-state index contributed by atoms with van der Waals surface area (Å²) in [5.41, 5.74) is 7.20. The molecule has 1 aliphatic rings. The van der Waals surface area contributed by atoms with Gasteiger partial charge in [0, 0.05) is 25.1 Å². The third-order valence-corrected chi connectivity index (χ3v) is 4.51. The van der Waals surface area contributed by atoms with Gasteiger partial charge in [-0.05, 0) is 36.8 Å². The van der Waals surface area contributed by atoms with Crippen molar-refractivity contribution >= 4 is 17.2 Å². The molecule has 0 aromatic carbocycles. The van der Waals surface area contributed by atoms with Gasteiger partial charge < -0.3 is 15.4 Å². The number of carbonyl (C=O) groups is 1. The van der Waals surface area contributed by atoms with Gasteiger partial charge in [-0.2, -0.15) is 0 Å². The monoisotopic (exact) mass is 268 g/mol. The van der Waals surface area contributed by atoms with E-state index < -0.39 is 6.04 Å². The van der Waals surface area contributed by atoms with Crippen molar-refractivity contribution in [1.82, 2.24) is 4.90 Å². The molecule has 1 aromatic rings. The summed E-state index contributed by atoms with van der Waals surface area (Å²) >= 11 is 1.78. The predicted octanol–water partition coefficient (Wildman–Crippen LogP) is 1.56. The lowest BCUT2D eigenvalue weighted by molar-refractivity contribution is -0.135. The summed E-state index contributed by atoms with van der Waals surface area (Å²) < 4.78 is 4.97. The summed E-state index contributed by atoms with van der Waals surface area (Å²) in [6, 6.07) is 1.80. The standard InChI is InChI=1S/C13H20N2O2S/c1-9-10-5-8-18-12(10)3-6-15(9)13(16)11(14)4-7-17-2/h5,8-9,11H,3-4,6-7,14H2,1-2H3. The zero-order valence-corrected chi connectivity index (χ0v) is 11.7. The maximum Gasteiger partial charge on any atom is 0.240 e. The number of fused-ring (bicyclic) bond motifs is 1. The van der Waals surface area contributed by atoms with Crippen molar-refractivity contribution in [1.29, 1.82) is 0 Å². The number of carbonyl (C=O) groups excluding carboxylic acids is 1. The van der Waals surface area contributed by atoms with Crippen molar-refractivity contribution in [3.05, 3.63) is 21.9 Å². The van der Waals surface area contributed by atoms with Crippen LogP contribution in [0, 0.1) is 0 Å². The minimum atomic E-state index is -0.451. The lowest BCUT2D eigenvalue weighted by Crippen LogP contribution is -2.47. The van der Waals surface area contributed by atoms with Crippen molar-refractivity contribution in [2.24, 2.45) is 5.73 Å². The minimum absolute atomic E-state index is 0.0383. The van der Waals surface area contributed by atoms with Gasteiger partial charge >= 0.3 is 0 Å². The Morgan fingerprint density at radius 2 is 2.50 bits per heavy atom. The molecule has 4 nitrogen and oxygen atoms in total. The third kappa shape index (κ3) is 2.58. The van der Waals surface area contributed by atoms with E-state index in [9.17, 15) is 4.79 Å². The molecule has 18 heavy (non-hydrogen) atoms. The molecule has 0 fully saturated rings. The van der Waals surface area contributed by atoms with E-state index in [1.165, 1.54) is 10.4 Å². The molecule has 2 rings (SSSR count). The normalized spacial score (nSPS) is 20.6. The van der Waals surface area contributed by atoms with Crippen LogP contribution in [0.4, 0.5) is 0 Å². The number of nitrogens with zero attached hydrogens (tertiary/aromatic N) is 1. The van der Waals surface area contributed by atoms with E-state index in [0.29, 0.717) is 13.0 Å². The molecule has 1 amide bonds. The molecule has 0 aliphatic carbocycles. The zero-order valence-electron chi connectivity index (χ0n) is 10.9. The average molecular weight is 268 g/mol. The fourth-order valence-corrected chi connectivity index (χ4v) is 3.35. The number of rotatable bonds is 4. The van der Waals surface area contributed by atoms with Crippen molar-refractivity contribution in [2.45, 2.75) is 31.8 Å².